The molecule has 19 heavy (non-hydrogen) atoms. The Kier molecular flexibility index (Phi) is 4.98. The molecule has 1 rings (SSSR count). The molecule has 1 aromatic rings. The quantitative estimate of drug-likeness (QED) is 0.426. The first kappa shape index (κ1) is 15.5. The number of benzene rings is 1. The van der Waals surface area contributed by atoms with E-state index >= 15 is 0 Å². The van der Waals surface area contributed by atoms with Crippen LogP contribution < -0.4 is 5.32 Å². The van der Waals surface area contributed by atoms with E-state index in [4.69, 9.17) is 5.11 Å². The molecular formula is C11H18N2O5S. The summed E-state index contributed by atoms with van der Waals surface area (Å²) in [7, 11) is -0.344. The van der Waals surface area contributed by atoms with Gasteiger partial charge < -0.3 is 20.6 Å². The third-order valence-electron chi connectivity index (χ3n) is 2.62. The second-order valence-corrected chi connectivity index (χ2v) is 6.52. The van der Waals surface area contributed by atoms with Gasteiger partial charge in [-0.3, -0.25) is 0 Å². The highest BCUT2D eigenvalue weighted by Gasteiger charge is 2.13. The lowest BCUT2D eigenvalue weighted by Gasteiger charge is -2.12. The van der Waals surface area contributed by atoms with E-state index in [-0.39, 0.29) is 18.8 Å². The first-order valence-electron chi connectivity index (χ1n) is 5.59. The van der Waals surface area contributed by atoms with Crippen LogP contribution in [-0.2, 0) is 16.6 Å². The van der Waals surface area contributed by atoms with Gasteiger partial charge in [0.1, 0.15) is 0 Å². The molecule has 0 bridgehead atoms. The van der Waals surface area contributed by atoms with Crippen LogP contribution in [0.3, 0.4) is 0 Å². The number of aromatic hydroxyl groups is 3. The van der Waals surface area contributed by atoms with Crippen molar-refractivity contribution in [1.29, 1.82) is 0 Å². The molecule has 108 valence electrons. The molecule has 0 radical (unpaired) electrons. The van der Waals surface area contributed by atoms with E-state index in [1.165, 1.54) is 26.2 Å². The lowest BCUT2D eigenvalue weighted by molar-refractivity contribution is 0.364. The van der Waals surface area contributed by atoms with Crippen LogP contribution in [-0.4, -0.2) is 54.4 Å². The van der Waals surface area contributed by atoms with Crippen LogP contribution in [0.5, 0.6) is 17.2 Å². The highest BCUT2D eigenvalue weighted by molar-refractivity contribution is 7.89. The molecule has 7 nitrogen and oxygen atoms in total. The van der Waals surface area contributed by atoms with Gasteiger partial charge in [0, 0.05) is 32.7 Å². The average Bonchev–Trinajstić information content (AvgIpc) is 2.34. The van der Waals surface area contributed by atoms with E-state index in [9.17, 15) is 18.6 Å². The first-order valence-corrected chi connectivity index (χ1v) is 7.20. The third kappa shape index (κ3) is 3.98. The Balaban J connectivity index is 2.54. The van der Waals surface area contributed by atoms with Gasteiger partial charge >= 0.3 is 0 Å². The molecule has 4 N–H and O–H groups in total. The van der Waals surface area contributed by atoms with Crippen molar-refractivity contribution in [2.45, 2.75) is 6.54 Å². The van der Waals surface area contributed by atoms with Crippen LogP contribution in [0.1, 0.15) is 5.56 Å². The molecule has 0 aliphatic heterocycles. The van der Waals surface area contributed by atoms with E-state index in [1.54, 1.807) is 0 Å². The number of hydrogen-bond acceptors (Lipinski definition) is 6. The Morgan fingerprint density at radius 3 is 2.37 bits per heavy atom. The zero-order valence-electron chi connectivity index (χ0n) is 10.8. The van der Waals surface area contributed by atoms with E-state index in [2.05, 4.69) is 5.32 Å². The van der Waals surface area contributed by atoms with Gasteiger partial charge in [-0.25, -0.2) is 12.7 Å². The fourth-order valence-electron chi connectivity index (χ4n) is 1.36. The molecule has 8 heteroatoms. The summed E-state index contributed by atoms with van der Waals surface area (Å²) in [6.45, 7) is 0.393. The summed E-state index contributed by atoms with van der Waals surface area (Å²) in [4.78, 5) is 0. The number of phenols is 3. The SMILES string of the molecule is CN(C)S(=O)(=O)CCNCc1ccc(O)c(O)c1O. The maximum absolute atomic E-state index is 11.5. The van der Waals surface area contributed by atoms with Crippen LogP contribution in [0, 0.1) is 0 Å². The second-order valence-electron chi connectivity index (χ2n) is 4.22. The molecule has 0 saturated carbocycles. The van der Waals surface area contributed by atoms with Gasteiger partial charge in [-0.2, -0.15) is 0 Å². The number of sulfonamides is 1. The van der Waals surface area contributed by atoms with Gasteiger partial charge in [-0.1, -0.05) is 6.07 Å². The van der Waals surface area contributed by atoms with Gasteiger partial charge in [-0.15, -0.1) is 0 Å². The molecule has 0 fully saturated rings. The van der Waals surface area contributed by atoms with E-state index in [1.807, 2.05) is 0 Å². The van der Waals surface area contributed by atoms with Crippen molar-refractivity contribution in [2.24, 2.45) is 0 Å². The number of nitrogens with zero attached hydrogens (tertiary/aromatic N) is 1. The van der Waals surface area contributed by atoms with Crippen LogP contribution in [0.4, 0.5) is 0 Å². The van der Waals surface area contributed by atoms with Crippen LogP contribution in [0.25, 0.3) is 0 Å². The largest absolute Gasteiger partial charge is 0.504 e. The molecule has 0 unspecified atom stereocenters. The topological polar surface area (TPSA) is 110 Å². The average molecular weight is 290 g/mol. The highest BCUT2D eigenvalue weighted by atomic mass is 32.2. The maximum atomic E-state index is 11.5. The number of rotatable bonds is 6. The molecule has 0 atom stereocenters. The van der Waals surface area contributed by atoms with Crippen molar-refractivity contribution >= 4 is 10.0 Å². The number of hydrogen-bond donors (Lipinski definition) is 4. The monoisotopic (exact) mass is 290 g/mol. The second kappa shape index (κ2) is 6.09. The minimum Gasteiger partial charge on any atom is -0.504 e. The highest BCUT2D eigenvalue weighted by Crippen LogP contribution is 2.36. The molecule has 0 aromatic heterocycles. The normalized spacial score (nSPS) is 11.9. The van der Waals surface area contributed by atoms with Gasteiger partial charge in [-0.05, 0) is 6.07 Å². The molecule has 0 saturated heterocycles. The minimum absolute atomic E-state index is 0.0647. The third-order valence-corrected chi connectivity index (χ3v) is 4.45. The molecular weight excluding hydrogens is 272 g/mol. The summed E-state index contributed by atoms with van der Waals surface area (Å²) in [6.07, 6.45) is 0. The molecule has 1 aromatic carbocycles. The van der Waals surface area contributed by atoms with E-state index in [0.717, 1.165) is 4.31 Å². The lowest BCUT2D eigenvalue weighted by atomic mass is 10.1. The standard InChI is InChI=1S/C11H18N2O5S/c1-13(2)19(17,18)6-5-12-7-8-3-4-9(14)11(16)10(8)15/h3-4,12,14-16H,5-7H2,1-2H3. The Hall–Kier alpha value is -1.51. The van der Waals surface area contributed by atoms with Crippen LogP contribution in [0.2, 0.25) is 0 Å². The smallest absolute Gasteiger partial charge is 0.214 e. The van der Waals surface area contributed by atoms with E-state index < -0.39 is 27.3 Å². The molecule has 0 aliphatic rings. The Labute approximate surface area is 112 Å². The van der Waals surface area contributed by atoms with Crippen LogP contribution in [0.15, 0.2) is 12.1 Å². The van der Waals surface area contributed by atoms with Gasteiger partial charge in [0.25, 0.3) is 0 Å². The van der Waals surface area contributed by atoms with Gasteiger partial charge in [0.05, 0.1) is 5.75 Å². The summed E-state index contributed by atoms with van der Waals surface area (Å²) in [5.41, 5.74) is 0.373. The zero-order chi connectivity index (χ0) is 14.6. The first-order chi connectivity index (χ1) is 8.75. The lowest BCUT2D eigenvalue weighted by Crippen LogP contribution is -2.31. The fourth-order valence-corrected chi connectivity index (χ4v) is 2.13. The van der Waals surface area contributed by atoms with Crippen molar-refractivity contribution in [3.05, 3.63) is 17.7 Å². The Bertz CT molecular complexity index is 542. The number of phenolic OH excluding ortho intramolecular Hbond substituents is 3. The number of nitrogens with one attached hydrogen (secondary N) is 1. The Morgan fingerprint density at radius 1 is 1.16 bits per heavy atom. The predicted octanol–water partition coefficient (Wildman–Crippen LogP) is -0.216. The van der Waals surface area contributed by atoms with Gasteiger partial charge in [0.2, 0.25) is 15.8 Å². The van der Waals surface area contributed by atoms with Crippen molar-refractivity contribution in [3.63, 3.8) is 0 Å². The summed E-state index contributed by atoms with van der Waals surface area (Å²) < 4.78 is 24.1. The molecule has 0 aliphatic carbocycles. The summed E-state index contributed by atoms with van der Waals surface area (Å²) >= 11 is 0. The fraction of sp³-hybridized carbons (Fsp3) is 0.455. The molecule has 0 spiro atoms. The van der Waals surface area contributed by atoms with Crippen molar-refractivity contribution in [2.75, 3.05) is 26.4 Å². The summed E-state index contributed by atoms with van der Waals surface area (Å²) in [6, 6.07) is 2.69. The van der Waals surface area contributed by atoms with Crippen molar-refractivity contribution in [3.8, 4) is 17.2 Å². The minimum atomic E-state index is -3.26. The maximum Gasteiger partial charge on any atom is 0.214 e. The van der Waals surface area contributed by atoms with Gasteiger partial charge in [0.15, 0.2) is 11.5 Å². The summed E-state index contributed by atoms with van der Waals surface area (Å²) in [5, 5.41) is 30.9. The Morgan fingerprint density at radius 2 is 1.79 bits per heavy atom. The molecule has 0 heterocycles. The zero-order valence-corrected chi connectivity index (χ0v) is 11.6. The van der Waals surface area contributed by atoms with Crippen molar-refractivity contribution in [1.82, 2.24) is 9.62 Å². The molecule has 0 amide bonds. The van der Waals surface area contributed by atoms with E-state index in [0.29, 0.717) is 5.56 Å². The summed E-state index contributed by atoms with van der Waals surface area (Å²) in [5.74, 6) is -1.47. The van der Waals surface area contributed by atoms with Crippen LogP contribution >= 0.6 is 0 Å². The predicted molar refractivity (Wildman–Crippen MR) is 70.6 cm³/mol. The van der Waals surface area contributed by atoms with Crippen molar-refractivity contribution < 1.29 is 23.7 Å².